The molecule has 1 aromatic carbocycles. The second kappa shape index (κ2) is 6.29. The summed E-state index contributed by atoms with van der Waals surface area (Å²) >= 11 is 0. The van der Waals surface area contributed by atoms with Gasteiger partial charge in [0.1, 0.15) is 0 Å². The number of hydrogen-bond acceptors (Lipinski definition) is 2. The van der Waals surface area contributed by atoms with Crippen LogP contribution >= 0.6 is 0 Å². The zero-order valence-corrected chi connectivity index (χ0v) is 8.73. The summed E-state index contributed by atoms with van der Waals surface area (Å²) in [6.07, 6.45) is -4.25. The number of hydrogen-bond donors (Lipinski definition) is 2. The van der Waals surface area contributed by atoms with E-state index in [1.165, 1.54) is 19.2 Å². The summed E-state index contributed by atoms with van der Waals surface area (Å²) < 4.78 is 36.3. The van der Waals surface area contributed by atoms with Gasteiger partial charge in [0.05, 0.1) is 5.56 Å². The lowest BCUT2D eigenvalue weighted by Crippen LogP contribution is -2.05. The van der Waals surface area contributed by atoms with E-state index in [1.54, 1.807) is 0 Å². The lowest BCUT2D eigenvalue weighted by atomic mass is 10.2. The Kier molecular flexibility index (Phi) is 5.77. The van der Waals surface area contributed by atoms with Crippen molar-refractivity contribution in [2.75, 3.05) is 18.9 Å². The molecule has 86 valence electrons. The van der Waals surface area contributed by atoms with E-state index >= 15 is 0 Å². The summed E-state index contributed by atoms with van der Waals surface area (Å²) in [7, 11) is 1.50. The molecular weight excluding hydrogens is 205 g/mol. The summed E-state index contributed by atoms with van der Waals surface area (Å²) in [5.41, 5.74) is 4.59. The van der Waals surface area contributed by atoms with E-state index in [-0.39, 0.29) is 0 Å². The van der Waals surface area contributed by atoms with Crippen molar-refractivity contribution >= 4 is 5.69 Å². The van der Waals surface area contributed by atoms with E-state index < -0.39 is 11.7 Å². The second-order valence-electron chi connectivity index (χ2n) is 2.61. The van der Waals surface area contributed by atoms with Crippen molar-refractivity contribution in [3.8, 4) is 0 Å². The molecule has 0 spiro atoms. The quantitative estimate of drug-likeness (QED) is 0.804. The molecule has 0 heterocycles. The van der Waals surface area contributed by atoms with Crippen molar-refractivity contribution in [3.63, 3.8) is 0 Å². The van der Waals surface area contributed by atoms with Crippen molar-refractivity contribution in [1.82, 2.24) is 0 Å². The van der Waals surface area contributed by atoms with Crippen LogP contribution in [0.15, 0.2) is 24.3 Å². The summed E-state index contributed by atoms with van der Waals surface area (Å²) in [5, 5.41) is 2.92. The Balaban J connectivity index is 0.000000921. The molecule has 0 aliphatic carbocycles. The van der Waals surface area contributed by atoms with E-state index in [1.807, 2.05) is 6.92 Å². The monoisotopic (exact) mass is 220 g/mol. The molecule has 0 bridgehead atoms. The van der Waals surface area contributed by atoms with E-state index in [2.05, 4.69) is 11.1 Å². The minimum Gasteiger partial charge on any atom is -0.385 e. The Labute approximate surface area is 87.3 Å². The van der Waals surface area contributed by atoms with Crippen LogP contribution in [0.25, 0.3) is 0 Å². The molecule has 0 unspecified atom stereocenters. The minimum absolute atomic E-state index is 0.617. The number of alkyl halides is 3. The van der Waals surface area contributed by atoms with Gasteiger partial charge in [-0.25, -0.2) is 0 Å². The van der Waals surface area contributed by atoms with Crippen LogP contribution in [0.2, 0.25) is 0 Å². The van der Waals surface area contributed by atoms with Crippen molar-refractivity contribution < 1.29 is 13.2 Å². The Bertz CT molecular complexity index is 267. The highest BCUT2D eigenvalue weighted by molar-refractivity contribution is 5.44. The summed E-state index contributed by atoms with van der Waals surface area (Å²) in [5.74, 6) is 0. The maximum atomic E-state index is 12.1. The van der Waals surface area contributed by atoms with Gasteiger partial charge in [0.2, 0.25) is 0 Å². The fraction of sp³-hybridized carbons (Fsp3) is 0.400. The van der Waals surface area contributed by atoms with Crippen LogP contribution < -0.4 is 11.1 Å². The van der Waals surface area contributed by atoms with Crippen LogP contribution in [0.5, 0.6) is 0 Å². The fourth-order valence-corrected chi connectivity index (χ4v) is 0.981. The SMILES string of the molecule is CCNc1ccc(C(F)(F)F)cc1.CN. The predicted octanol–water partition coefficient (Wildman–Crippen LogP) is 2.71. The Morgan fingerprint density at radius 1 is 1.13 bits per heavy atom. The molecule has 0 aliphatic heterocycles. The Morgan fingerprint density at radius 2 is 1.60 bits per heavy atom. The molecular formula is C10H15F3N2. The highest BCUT2D eigenvalue weighted by Crippen LogP contribution is 2.29. The number of nitrogens with two attached hydrogens (primary N) is 1. The van der Waals surface area contributed by atoms with Gasteiger partial charge in [0.15, 0.2) is 0 Å². The van der Waals surface area contributed by atoms with Gasteiger partial charge in [0, 0.05) is 12.2 Å². The first kappa shape index (κ1) is 13.8. The molecule has 0 radical (unpaired) electrons. The molecule has 5 heteroatoms. The van der Waals surface area contributed by atoms with Gasteiger partial charge in [-0.1, -0.05) is 0 Å². The molecule has 0 saturated heterocycles. The summed E-state index contributed by atoms with van der Waals surface area (Å²) in [6.45, 7) is 2.59. The topological polar surface area (TPSA) is 38.0 Å². The molecule has 0 aromatic heterocycles. The van der Waals surface area contributed by atoms with Crippen LogP contribution in [-0.2, 0) is 6.18 Å². The smallest absolute Gasteiger partial charge is 0.385 e. The van der Waals surface area contributed by atoms with Crippen LogP contribution in [0.1, 0.15) is 12.5 Å². The molecule has 1 rings (SSSR count). The average Bonchev–Trinajstić information content (AvgIpc) is 2.21. The maximum Gasteiger partial charge on any atom is 0.416 e. The molecule has 0 amide bonds. The van der Waals surface area contributed by atoms with Crippen LogP contribution in [0.3, 0.4) is 0 Å². The third-order valence-corrected chi connectivity index (χ3v) is 1.59. The van der Waals surface area contributed by atoms with E-state index in [4.69, 9.17) is 0 Å². The number of benzene rings is 1. The first-order valence-corrected chi connectivity index (χ1v) is 4.53. The molecule has 0 fully saturated rings. The number of rotatable bonds is 2. The minimum atomic E-state index is -4.25. The highest BCUT2D eigenvalue weighted by atomic mass is 19.4. The van der Waals surface area contributed by atoms with Gasteiger partial charge in [-0.3, -0.25) is 0 Å². The van der Waals surface area contributed by atoms with Crippen LogP contribution in [0.4, 0.5) is 18.9 Å². The molecule has 2 nitrogen and oxygen atoms in total. The van der Waals surface area contributed by atoms with Crippen LogP contribution in [-0.4, -0.2) is 13.6 Å². The van der Waals surface area contributed by atoms with Crippen molar-refractivity contribution in [2.45, 2.75) is 13.1 Å². The first-order chi connectivity index (χ1) is 7.04. The van der Waals surface area contributed by atoms with Crippen molar-refractivity contribution in [2.24, 2.45) is 5.73 Å². The third kappa shape index (κ3) is 4.69. The zero-order valence-electron chi connectivity index (χ0n) is 8.73. The average molecular weight is 220 g/mol. The van der Waals surface area contributed by atoms with Crippen molar-refractivity contribution in [3.05, 3.63) is 29.8 Å². The lowest BCUT2D eigenvalue weighted by molar-refractivity contribution is -0.137. The number of halogens is 3. The first-order valence-electron chi connectivity index (χ1n) is 4.53. The Morgan fingerprint density at radius 3 is 1.93 bits per heavy atom. The maximum absolute atomic E-state index is 12.1. The summed E-state index contributed by atoms with van der Waals surface area (Å²) in [6, 6.07) is 4.98. The normalized spacial score (nSPS) is 10.3. The Hall–Kier alpha value is -1.23. The van der Waals surface area contributed by atoms with E-state index in [9.17, 15) is 13.2 Å². The van der Waals surface area contributed by atoms with Gasteiger partial charge in [0.25, 0.3) is 0 Å². The van der Waals surface area contributed by atoms with E-state index in [0.29, 0.717) is 12.2 Å². The van der Waals surface area contributed by atoms with Gasteiger partial charge in [-0.15, -0.1) is 0 Å². The predicted molar refractivity (Wildman–Crippen MR) is 55.7 cm³/mol. The summed E-state index contributed by atoms with van der Waals surface area (Å²) in [4.78, 5) is 0. The van der Waals surface area contributed by atoms with Crippen LogP contribution in [0, 0.1) is 0 Å². The lowest BCUT2D eigenvalue weighted by Gasteiger charge is -2.07. The number of anilines is 1. The van der Waals surface area contributed by atoms with Gasteiger partial charge in [-0.05, 0) is 38.2 Å². The number of nitrogens with one attached hydrogen (secondary N) is 1. The molecule has 0 aliphatic rings. The largest absolute Gasteiger partial charge is 0.416 e. The van der Waals surface area contributed by atoms with Gasteiger partial charge >= 0.3 is 6.18 Å². The van der Waals surface area contributed by atoms with Gasteiger partial charge in [-0.2, -0.15) is 13.2 Å². The van der Waals surface area contributed by atoms with E-state index in [0.717, 1.165) is 12.1 Å². The third-order valence-electron chi connectivity index (χ3n) is 1.59. The van der Waals surface area contributed by atoms with Crippen molar-refractivity contribution in [1.29, 1.82) is 0 Å². The van der Waals surface area contributed by atoms with Gasteiger partial charge < -0.3 is 11.1 Å². The second-order valence-corrected chi connectivity index (χ2v) is 2.61. The molecule has 1 aromatic rings. The molecule has 15 heavy (non-hydrogen) atoms. The highest BCUT2D eigenvalue weighted by Gasteiger charge is 2.29. The standard InChI is InChI=1S/C9H10F3N.CH5N/c1-2-13-8-5-3-7(4-6-8)9(10,11)12;1-2/h3-6,13H,2H2,1H3;2H2,1H3. The fourth-order valence-electron chi connectivity index (χ4n) is 0.981. The molecule has 0 saturated carbocycles. The zero-order chi connectivity index (χ0) is 11.9. The molecule has 0 atom stereocenters. The molecule has 3 N–H and O–H groups in total.